The third-order valence-electron chi connectivity index (χ3n) is 5.88. The smallest absolute Gasteiger partial charge is 0.212 e. The van der Waals surface area contributed by atoms with Crippen molar-refractivity contribution in [1.82, 2.24) is 19.5 Å². The molecule has 7 nitrogen and oxygen atoms in total. The van der Waals surface area contributed by atoms with Gasteiger partial charge in [-0.05, 0) is 31.1 Å². The minimum Gasteiger partial charge on any atom is -0.299 e. The second-order valence-corrected chi connectivity index (χ2v) is 9.32. The Bertz CT molecular complexity index is 698. The van der Waals surface area contributed by atoms with Crippen LogP contribution in [0.3, 0.4) is 0 Å². The molecular weight excluding hydrogens is 316 g/mol. The molecule has 2 saturated carbocycles. The van der Waals surface area contributed by atoms with Crippen molar-refractivity contribution in [3.05, 3.63) is 12.7 Å². The summed E-state index contributed by atoms with van der Waals surface area (Å²) in [5.41, 5.74) is -0.968. The fourth-order valence-electron chi connectivity index (χ4n) is 4.43. The number of fused-ring (bicyclic) bond motifs is 2. The monoisotopic (exact) mass is 340 g/mol. The molecule has 0 radical (unpaired) electrons. The van der Waals surface area contributed by atoms with Gasteiger partial charge in [-0.1, -0.05) is 13.8 Å². The SMILES string of the molecule is CC(Cn1cncn1)NS(=O)(=O)CC12CCC(CC1=O)C2(C)C. The van der Waals surface area contributed by atoms with Gasteiger partial charge in [0.1, 0.15) is 18.4 Å². The molecule has 3 atom stereocenters. The van der Waals surface area contributed by atoms with Crippen LogP contribution in [0.2, 0.25) is 0 Å². The zero-order valence-corrected chi connectivity index (χ0v) is 14.6. The number of rotatable bonds is 6. The quantitative estimate of drug-likeness (QED) is 0.833. The van der Waals surface area contributed by atoms with Crippen LogP contribution in [0.4, 0.5) is 0 Å². The summed E-state index contributed by atoms with van der Waals surface area (Å²) >= 11 is 0. The number of nitrogens with zero attached hydrogens (tertiary/aromatic N) is 3. The lowest BCUT2D eigenvalue weighted by atomic mass is 9.70. The van der Waals surface area contributed by atoms with Gasteiger partial charge >= 0.3 is 0 Å². The molecule has 2 aliphatic rings. The van der Waals surface area contributed by atoms with E-state index in [4.69, 9.17) is 0 Å². The Labute approximate surface area is 136 Å². The third kappa shape index (κ3) is 2.71. The molecule has 3 unspecified atom stereocenters. The molecule has 1 heterocycles. The molecule has 0 spiro atoms. The number of hydrogen-bond acceptors (Lipinski definition) is 5. The van der Waals surface area contributed by atoms with Gasteiger partial charge in [0.15, 0.2) is 0 Å². The summed E-state index contributed by atoms with van der Waals surface area (Å²) in [7, 11) is -3.55. The zero-order valence-electron chi connectivity index (χ0n) is 13.8. The van der Waals surface area contributed by atoms with Crippen molar-refractivity contribution < 1.29 is 13.2 Å². The maximum atomic E-state index is 12.6. The molecule has 2 bridgehead atoms. The van der Waals surface area contributed by atoms with E-state index in [1.54, 1.807) is 17.9 Å². The average molecular weight is 340 g/mol. The van der Waals surface area contributed by atoms with Gasteiger partial charge in [0.25, 0.3) is 0 Å². The highest BCUT2D eigenvalue weighted by atomic mass is 32.2. The first kappa shape index (κ1) is 16.6. The minimum atomic E-state index is -3.55. The van der Waals surface area contributed by atoms with Gasteiger partial charge in [-0.3, -0.25) is 9.48 Å². The van der Waals surface area contributed by atoms with Crippen LogP contribution in [0.25, 0.3) is 0 Å². The van der Waals surface area contributed by atoms with Crippen molar-refractivity contribution in [2.45, 2.75) is 52.6 Å². The van der Waals surface area contributed by atoms with Gasteiger partial charge in [0.05, 0.1) is 12.3 Å². The summed E-state index contributed by atoms with van der Waals surface area (Å²) in [5.74, 6) is 0.329. The molecule has 0 amide bonds. The first-order valence-electron chi connectivity index (χ1n) is 8.02. The molecule has 2 fully saturated rings. The summed E-state index contributed by atoms with van der Waals surface area (Å²) in [6.45, 7) is 6.29. The number of sulfonamides is 1. The van der Waals surface area contributed by atoms with Gasteiger partial charge in [-0.25, -0.2) is 18.1 Å². The fraction of sp³-hybridized carbons (Fsp3) is 0.800. The number of ketones is 1. The minimum absolute atomic E-state index is 0.107. The molecule has 3 rings (SSSR count). The van der Waals surface area contributed by atoms with E-state index in [9.17, 15) is 13.2 Å². The van der Waals surface area contributed by atoms with E-state index in [0.29, 0.717) is 25.3 Å². The molecule has 23 heavy (non-hydrogen) atoms. The van der Waals surface area contributed by atoms with Gasteiger partial charge in [-0.2, -0.15) is 5.10 Å². The normalized spacial score (nSPS) is 30.7. The number of carbonyl (C=O) groups excluding carboxylic acids is 1. The van der Waals surface area contributed by atoms with Crippen LogP contribution in [0.15, 0.2) is 12.7 Å². The highest BCUT2D eigenvalue weighted by Crippen LogP contribution is 2.64. The van der Waals surface area contributed by atoms with Crippen LogP contribution in [-0.4, -0.2) is 40.8 Å². The molecular formula is C15H24N4O3S. The molecule has 0 saturated heterocycles. The lowest BCUT2D eigenvalue weighted by molar-refractivity contribution is -0.128. The standard InChI is InChI=1S/C15H24N4O3S/c1-11(7-19-10-16-9-17-19)18-23(21,22)8-15-5-4-12(6-13(15)20)14(15,2)3/h9-12,18H,4-8H2,1-3H3. The van der Waals surface area contributed by atoms with Crippen molar-refractivity contribution in [3.8, 4) is 0 Å². The van der Waals surface area contributed by atoms with Crippen LogP contribution in [-0.2, 0) is 21.4 Å². The molecule has 1 aromatic heterocycles. The van der Waals surface area contributed by atoms with E-state index in [2.05, 4.69) is 14.8 Å². The Balaban J connectivity index is 1.72. The number of hydrogen-bond donors (Lipinski definition) is 1. The summed E-state index contributed by atoms with van der Waals surface area (Å²) in [6.07, 6.45) is 5.12. The van der Waals surface area contributed by atoms with E-state index >= 15 is 0 Å². The van der Waals surface area contributed by atoms with E-state index < -0.39 is 15.4 Å². The lowest BCUT2D eigenvalue weighted by Crippen LogP contribution is -2.47. The van der Waals surface area contributed by atoms with E-state index in [1.807, 2.05) is 13.8 Å². The first-order chi connectivity index (χ1) is 10.7. The van der Waals surface area contributed by atoms with Gasteiger partial charge < -0.3 is 0 Å². The van der Waals surface area contributed by atoms with Crippen molar-refractivity contribution >= 4 is 15.8 Å². The van der Waals surface area contributed by atoms with E-state index in [-0.39, 0.29) is 23.0 Å². The van der Waals surface area contributed by atoms with Crippen molar-refractivity contribution in [2.75, 3.05) is 5.75 Å². The molecule has 0 aliphatic heterocycles. The van der Waals surface area contributed by atoms with Gasteiger partial charge in [0, 0.05) is 17.9 Å². The third-order valence-corrected chi connectivity index (χ3v) is 7.52. The topological polar surface area (TPSA) is 93.9 Å². The molecule has 8 heteroatoms. The Kier molecular flexibility index (Phi) is 3.87. The summed E-state index contributed by atoms with van der Waals surface area (Å²) in [6, 6.07) is -0.310. The summed E-state index contributed by atoms with van der Waals surface area (Å²) in [5, 5.41) is 3.98. The van der Waals surface area contributed by atoms with Crippen molar-refractivity contribution in [1.29, 1.82) is 0 Å². The lowest BCUT2D eigenvalue weighted by Gasteiger charge is -2.36. The first-order valence-corrected chi connectivity index (χ1v) is 9.67. The molecule has 1 N–H and O–H groups in total. The average Bonchev–Trinajstić information content (AvgIpc) is 3.03. The van der Waals surface area contributed by atoms with Crippen LogP contribution in [0.1, 0.15) is 40.0 Å². The number of aromatic nitrogens is 3. The highest BCUT2D eigenvalue weighted by Gasteiger charge is 2.65. The Hall–Kier alpha value is -1.28. The fourth-order valence-corrected chi connectivity index (χ4v) is 6.52. The largest absolute Gasteiger partial charge is 0.299 e. The molecule has 2 aliphatic carbocycles. The number of carbonyl (C=O) groups is 1. The van der Waals surface area contributed by atoms with Gasteiger partial charge in [-0.15, -0.1) is 0 Å². The highest BCUT2D eigenvalue weighted by molar-refractivity contribution is 7.89. The molecule has 1 aromatic rings. The Morgan fingerprint density at radius 1 is 1.48 bits per heavy atom. The molecule has 128 valence electrons. The van der Waals surface area contributed by atoms with Crippen LogP contribution in [0, 0.1) is 16.7 Å². The Morgan fingerprint density at radius 2 is 2.22 bits per heavy atom. The summed E-state index contributed by atoms with van der Waals surface area (Å²) < 4.78 is 29.5. The van der Waals surface area contributed by atoms with E-state index in [0.717, 1.165) is 6.42 Å². The number of Topliss-reactive ketones (excluding diaryl/α,β-unsaturated/α-hetero) is 1. The predicted molar refractivity (Wildman–Crippen MR) is 85.0 cm³/mol. The van der Waals surface area contributed by atoms with Crippen molar-refractivity contribution in [2.24, 2.45) is 16.7 Å². The zero-order chi connectivity index (χ0) is 16.9. The van der Waals surface area contributed by atoms with E-state index in [1.165, 1.54) is 6.33 Å². The van der Waals surface area contributed by atoms with Gasteiger partial charge in [0.2, 0.25) is 10.0 Å². The van der Waals surface area contributed by atoms with Crippen LogP contribution < -0.4 is 4.72 Å². The van der Waals surface area contributed by atoms with Crippen LogP contribution in [0.5, 0.6) is 0 Å². The molecule has 0 aromatic carbocycles. The number of nitrogens with one attached hydrogen (secondary N) is 1. The van der Waals surface area contributed by atoms with Crippen molar-refractivity contribution in [3.63, 3.8) is 0 Å². The maximum absolute atomic E-state index is 12.6. The second kappa shape index (κ2) is 5.37. The van der Waals surface area contributed by atoms with Crippen LogP contribution >= 0.6 is 0 Å². The predicted octanol–water partition coefficient (Wildman–Crippen LogP) is 0.981. The summed E-state index contributed by atoms with van der Waals surface area (Å²) in [4.78, 5) is 16.3. The maximum Gasteiger partial charge on any atom is 0.212 e. The Morgan fingerprint density at radius 3 is 2.74 bits per heavy atom. The second-order valence-electron chi connectivity index (χ2n) is 7.56.